The number of hydrogen-bond acceptors (Lipinski definition) is 6. The van der Waals surface area contributed by atoms with Crippen molar-refractivity contribution in [1.29, 1.82) is 0 Å². The molecule has 0 saturated heterocycles. The number of anilines is 1. The topological polar surface area (TPSA) is 78.3 Å². The van der Waals surface area contributed by atoms with Crippen LogP contribution in [0.4, 0.5) is 10.1 Å². The van der Waals surface area contributed by atoms with Gasteiger partial charge in [-0.2, -0.15) is 0 Å². The second-order valence-electron chi connectivity index (χ2n) is 7.12. The zero-order valence-corrected chi connectivity index (χ0v) is 19.0. The van der Waals surface area contributed by atoms with E-state index < -0.39 is 5.82 Å². The minimum Gasteiger partial charge on any atom is -0.490 e. The summed E-state index contributed by atoms with van der Waals surface area (Å²) in [6, 6.07) is 9.95. The third kappa shape index (κ3) is 5.34. The number of benzene rings is 2. The maximum atomic E-state index is 13.3. The molecule has 1 amide bonds. The summed E-state index contributed by atoms with van der Waals surface area (Å²) in [5.74, 6) is 1.67. The van der Waals surface area contributed by atoms with Gasteiger partial charge in [-0.1, -0.05) is 29.4 Å². The molecule has 1 aliphatic rings. The molecule has 0 bridgehead atoms. The average Bonchev–Trinajstić information content (AvgIpc) is 3.01. The molecule has 0 aliphatic carbocycles. The molecule has 2 aromatic carbocycles. The van der Waals surface area contributed by atoms with E-state index in [0.717, 1.165) is 29.3 Å². The van der Waals surface area contributed by atoms with Crippen molar-refractivity contribution in [3.63, 3.8) is 0 Å². The number of nitrogens with one attached hydrogen (secondary N) is 1. The molecular formula is C22H22ClFN4O3S. The third-order valence-corrected chi connectivity index (χ3v) is 6.08. The Kier molecular flexibility index (Phi) is 7.16. The summed E-state index contributed by atoms with van der Waals surface area (Å²) in [6.07, 6.45) is 1.44. The van der Waals surface area contributed by atoms with Crippen LogP contribution in [0.1, 0.15) is 24.7 Å². The molecule has 0 unspecified atom stereocenters. The number of ether oxygens (including phenoxy) is 2. The van der Waals surface area contributed by atoms with Crippen molar-refractivity contribution in [2.75, 3.05) is 24.3 Å². The van der Waals surface area contributed by atoms with Gasteiger partial charge in [0, 0.05) is 25.1 Å². The Morgan fingerprint density at radius 2 is 2.00 bits per heavy atom. The molecule has 4 rings (SSSR count). The lowest BCUT2D eigenvalue weighted by atomic mass is 10.1. The van der Waals surface area contributed by atoms with Crippen molar-refractivity contribution in [3.8, 4) is 11.5 Å². The Bertz CT molecular complexity index is 1120. The van der Waals surface area contributed by atoms with Crippen LogP contribution < -0.4 is 14.8 Å². The first-order valence-corrected chi connectivity index (χ1v) is 11.6. The predicted octanol–water partition coefficient (Wildman–Crippen LogP) is 4.57. The largest absolute Gasteiger partial charge is 0.490 e. The van der Waals surface area contributed by atoms with Gasteiger partial charge < -0.3 is 19.4 Å². The second kappa shape index (κ2) is 10.2. The molecule has 0 saturated carbocycles. The molecule has 32 heavy (non-hydrogen) atoms. The molecule has 1 aliphatic heterocycles. The number of amides is 1. The minimum absolute atomic E-state index is 0.0411. The Morgan fingerprint density at radius 1 is 1.19 bits per heavy atom. The fraction of sp³-hybridized carbons (Fsp3) is 0.318. The highest BCUT2D eigenvalue weighted by atomic mass is 35.5. The highest BCUT2D eigenvalue weighted by Gasteiger charge is 2.16. The molecule has 1 N–H and O–H groups in total. The van der Waals surface area contributed by atoms with Crippen LogP contribution in [0.25, 0.3) is 0 Å². The fourth-order valence-electron chi connectivity index (χ4n) is 3.28. The lowest BCUT2D eigenvalue weighted by Crippen LogP contribution is -2.15. The van der Waals surface area contributed by atoms with Crippen molar-refractivity contribution in [2.24, 2.45) is 0 Å². The first-order valence-electron chi connectivity index (χ1n) is 10.2. The van der Waals surface area contributed by atoms with Gasteiger partial charge in [0.1, 0.15) is 11.6 Å². The van der Waals surface area contributed by atoms with Gasteiger partial charge in [-0.3, -0.25) is 4.79 Å². The van der Waals surface area contributed by atoms with Crippen molar-refractivity contribution >= 4 is 35.0 Å². The summed E-state index contributed by atoms with van der Waals surface area (Å²) in [5.41, 5.74) is 1.48. The van der Waals surface area contributed by atoms with E-state index >= 15 is 0 Å². The highest BCUT2D eigenvalue weighted by Crippen LogP contribution is 2.31. The maximum absolute atomic E-state index is 13.3. The monoisotopic (exact) mass is 476 g/mol. The van der Waals surface area contributed by atoms with Crippen LogP contribution in [0.3, 0.4) is 0 Å². The minimum atomic E-state index is -0.531. The zero-order valence-electron chi connectivity index (χ0n) is 17.4. The summed E-state index contributed by atoms with van der Waals surface area (Å²) >= 11 is 7.05. The van der Waals surface area contributed by atoms with E-state index in [9.17, 15) is 9.18 Å². The van der Waals surface area contributed by atoms with E-state index in [2.05, 4.69) is 15.5 Å². The van der Waals surface area contributed by atoms with Crippen LogP contribution in [0.5, 0.6) is 11.5 Å². The maximum Gasteiger partial charge on any atom is 0.234 e. The number of aromatic nitrogens is 3. The molecule has 7 nitrogen and oxygen atoms in total. The lowest BCUT2D eigenvalue weighted by Gasteiger charge is -2.10. The van der Waals surface area contributed by atoms with Gasteiger partial charge in [-0.05, 0) is 42.8 Å². The van der Waals surface area contributed by atoms with Crippen LogP contribution in [0.2, 0.25) is 5.02 Å². The Labute approximate surface area is 194 Å². The first kappa shape index (κ1) is 22.4. The Balaban J connectivity index is 1.40. The smallest absolute Gasteiger partial charge is 0.234 e. The Hall–Kier alpha value is -2.78. The molecule has 2 heterocycles. The van der Waals surface area contributed by atoms with Gasteiger partial charge in [0.15, 0.2) is 16.7 Å². The lowest BCUT2D eigenvalue weighted by molar-refractivity contribution is -0.113. The quantitative estimate of drug-likeness (QED) is 0.503. The van der Waals surface area contributed by atoms with E-state index in [-0.39, 0.29) is 16.7 Å². The number of rotatable bonds is 7. The standard InChI is InChI=1S/C22H22ClFN4O3S/c1-2-28-20(11-14-4-7-18-19(10-14)31-9-3-8-30-18)26-27-22(28)32-13-21(29)25-15-5-6-17(24)16(23)12-15/h4-7,10,12H,2-3,8-9,11,13H2,1H3,(H,25,29). The van der Waals surface area contributed by atoms with Crippen molar-refractivity contribution < 1.29 is 18.7 Å². The van der Waals surface area contributed by atoms with Crippen LogP contribution in [-0.4, -0.2) is 39.6 Å². The van der Waals surface area contributed by atoms with E-state index in [0.29, 0.717) is 37.0 Å². The fourth-order valence-corrected chi connectivity index (χ4v) is 4.28. The number of carbonyl (C=O) groups excluding carboxylic acids is 1. The van der Waals surface area contributed by atoms with E-state index in [1.807, 2.05) is 29.7 Å². The van der Waals surface area contributed by atoms with Gasteiger partial charge in [-0.15, -0.1) is 10.2 Å². The van der Waals surface area contributed by atoms with Crippen LogP contribution in [-0.2, 0) is 17.8 Å². The van der Waals surface area contributed by atoms with Gasteiger partial charge in [-0.25, -0.2) is 4.39 Å². The van der Waals surface area contributed by atoms with Gasteiger partial charge in [0.2, 0.25) is 5.91 Å². The van der Waals surface area contributed by atoms with E-state index in [1.165, 1.54) is 30.0 Å². The molecule has 0 fully saturated rings. The number of halogens is 2. The number of carbonyl (C=O) groups is 1. The summed E-state index contributed by atoms with van der Waals surface area (Å²) in [7, 11) is 0. The normalized spacial score (nSPS) is 13.0. The first-order chi connectivity index (χ1) is 15.5. The van der Waals surface area contributed by atoms with Gasteiger partial charge in [0.05, 0.1) is 24.0 Å². The van der Waals surface area contributed by atoms with Crippen molar-refractivity contribution in [2.45, 2.75) is 31.5 Å². The number of hydrogen-bond donors (Lipinski definition) is 1. The molecule has 1 aromatic heterocycles. The zero-order chi connectivity index (χ0) is 22.5. The highest BCUT2D eigenvalue weighted by molar-refractivity contribution is 7.99. The van der Waals surface area contributed by atoms with E-state index in [1.54, 1.807) is 0 Å². The molecule has 3 aromatic rings. The van der Waals surface area contributed by atoms with Crippen LogP contribution in [0.15, 0.2) is 41.6 Å². The van der Waals surface area contributed by atoms with Crippen LogP contribution in [0, 0.1) is 5.82 Å². The molecule has 0 atom stereocenters. The number of thioether (sulfide) groups is 1. The third-order valence-electron chi connectivity index (χ3n) is 4.82. The second-order valence-corrected chi connectivity index (χ2v) is 8.47. The number of fused-ring (bicyclic) bond motifs is 1. The summed E-state index contributed by atoms with van der Waals surface area (Å²) < 4.78 is 26.7. The van der Waals surface area contributed by atoms with Gasteiger partial charge >= 0.3 is 0 Å². The predicted molar refractivity (Wildman–Crippen MR) is 121 cm³/mol. The van der Waals surface area contributed by atoms with Crippen molar-refractivity contribution in [3.05, 3.63) is 58.6 Å². The molecule has 0 radical (unpaired) electrons. The molecule has 168 valence electrons. The van der Waals surface area contributed by atoms with Crippen molar-refractivity contribution in [1.82, 2.24) is 14.8 Å². The SMILES string of the molecule is CCn1c(Cc2ccc3c(c2)OCCCO3)nnc1SCC(=O)Nc1ccc(F)c(Cl)c1. The van der Waals surface area contributed by atoms with Crippen LogP contribution >= 0.6 is 23.4 Å². The molecular weight excluding hydrogens is 455 g/mol. The molecule has 0 spiro atoms. The van der Waals surface area contributed by atoms with Gasteiger partial charge in [0.25, 0.3) is 0 Å². The Morgan fingerprint density at radius 3 is 2.78 bits per heavy atom. The average molecular weight is 477 g/mol. The summed E-state index contributed by atoms with van der Waals surface area (Å²) in [4.78, 5) is 12.3. The number of nitrogens with zero attached hydrogens (tertiary/aromatic N) is 3. The van der Waals surface area contributed by atoms with E-state index in [4.69, 9.17) is 21.1 Å². The summed E-state index contributed by atoms with van der Waals surface area (Å²) in [6.45, 7) is 3.96. The molecule has 10 heteroatoms. The summed E-state index contributed by atoms with van der Waals surface area (Å²) in [5, 5.41) is 11.9.